The van der Waals surface area contributed by atoms with Crippen LogP contribution < -0.4 is 20.1 Å². The molecule has 0 atom stereocenters. The van der Waals surface area contributed by atoms with E-state index in [1.807, 2.05) is 13.0 Å². The number of aliphatic imine (C=N–C) groups is 1. The molecule has 29 heavy (non-hydrogen) atoms. The van der Waals surface area contributed by atoms with Gasteiger partial charge >= 0.3 is 6.18 Å². The fourth-order valence-corrected chi connectivity index (χ4v) is 3.60. The Kier molecular flexibility index (Phi) is 7.07. The van der Waals surface area contributed by atoms with Crippen molar-refractivity contribution in [3.63, 3.8) is 0 Å². The Bertz CT molecular complexity index is 873. The molecule has 11 heteroatoms. The molecule has 1 aliphatic rings. The number of rotatable bonds is 5. The number of thiazole rings is 1. The Morgan fingerprint density at radius 1 is 1.28 bits per heavy atom. The summed E-state index contributed by atoms with van der Waals surface area (Å²) in [7, 11) is 0. The first kappa shape index (κ1) is 21.5. The Hall–Kier alpha value is -2.20. The molecule has 0 spiro atoms. The van der Waals surface area contributed by atoms with E-state index in [9.17, 15) is 13.2 Å². The number of halogens is 4. The van der Waals surface area contributed by atoms with E-state index >= 15 is 0 Å². The highest BCUT2D eigenvalue weighted by Gasteiger charge is 2.33. The molecule has 6 nitrogen and oxygen atoms in total. The van der Waals surface area contributed by atoms with Crippen LogP contribution in [0.3, 0.4) is 0 Å². The maximum atomic E-state index is 12.7. The number of benzene rings is 1. The van der Waals surface area contributed by atoms with Crippen molar-refractivity contribution in [1.82, 2.24) is 15.6 Å². The van der Waals surface area contributed by atoms with Crippen LogP contribution in [0.4, 0.5) is 13.2 Å². The molecule has 2 N–H and O–H groups in total. The maximum absolute atomic E-state index is 12.7. The largest absolute Gasteiger partial charge is 0.489 e. The molecule has 1 aromatic carbocycles. The standard InChI is InChI=1S/C18H20ClF3N4O2S/c1-2-23-17(25-9-15-26-14(10-29-15)18(20,21)22)24-8-11-6-12(19)16-13(7-11)27-4-3-5-28-16/h6-7,10H,2-5,8-9H2,1H3,(H2,23,24,25). The molecule has 1 aliphatic heterocycles. The summed E-state index contributed by atoms with van der Waals surface area (Å²) in [4.78, 5) is 8.06. The van der Waals surface area contributed by atoms with Gasteiger partial charge in [-0.25, -0.2) is 9.98 Å². The van der Waals surface area contributed by atoms with Crippen LogP contribution in [-0.4, -0.2) is 30.7 Å². The molecule has 0 saturated heterocycles. The average Bonchev–Trinajstić information content (AvgIpc) is 3.02. The summed E-state index contributed by atoms with van der Waals surface area (Å²) in [5.41, 5.74) is -0.0619. The monoisotopic (exact) mass is 448 g/mol. The topological polar surface area (TPSA) is 67.8 Å². The zero-order valence-corrected chi connectivity index (χ0v) is 17.2. The minimum absolute atomic E-state index is 0.133. The van der Waals surface area contributed by atoms with Gasteiger partial charge in [0.25, 0.3) is 0 Å². The Labute approximate surface area is 175 Å². The summed E-state index contributed by atoms with van der Waals surface area (Å²) in [5, 5.41) is 7.82. The molecule has 0 bridgehead atoms. The molecule has 0 unspecified atom stereocenters. The highest BCUT2D eigenvalue weighted by atomic mass is 35.5. The lowest BCUT2D eigenvalue weighted by molar-refractivity contribution is -0.140. The fraction of sp³-hybridized carbons (Fsp3) is 0.444. The molecule has 0 radical (unpaired) electrons. The van der Waals surface area contributed by atoms with Gasteiger partial charge in [-0.1, -0.05) is 11.6 Å². The summed E-state index contributed by atoms with van der Waals surface area (Å²) in [6.45, 7) is 4.03. The van der Waals surface area contributed by atoms with Gasteiger partial charge in [-0.2, -0.15) is 13.2 Å². The lowest BCUT2D eigenvalue weighted by Gasteiger charge is -2.12. The van der Waals surface area contributed by atoms with Crippen molar-refractivity contribution in [2.45, 2.75) is 32.6 Å². The van der Waals surface area contributed by atoms with Crippen molar-refractivity contribution >= 4 is 28.9 Å². The Balaban J connectivity index is 1.67. The number of guanidine groups is 1. The van der Waals surface area contributed by atoms with Crippen molar-refractivity contribution in [3.05, 3.63) is 38.8 Å². The third-order valence-corrected chi connectivity index (χ3v) is 5.00. The highest BCUT2D eigenvalue weighted by Crippen LogP contribution is 2.38. The minimum Gasteiger partial charge on any atom is -0.489 e. The second-order valence-electron chi connectivity index (χ2n) is 6.13. The van der Waals surface area contributed by atoms with Gasteiger partial charge in [0.05, 0.1) is 31.3 Å². The number of nitrogens with one attached hydrogen (secondary N) is 2. The molecule has 0 aliphatic carbocycles. The van der Waals surface area contributed by atoms with Gasteiger partial charge in [-0.3, -0.25) is 0 Å². The van der Waals surface area contributed by atoms with Crippen LogP contribution in [0.15, 0.2) is 22.5 Å². The van der Waals surface area contributed by atoms with Gasteiger partial charge in [-0.05, 0) is 24.6 Å². The van der Waals surface area contributed by atoms with Crippen molar-refractivity contribution < 1.29 is 22.6 Å². The van der Waals surface area contributed by atoms with Crippen molar-refractivity contribution in [3.8, 4) is 11.5 Å². The van der Waals surface area contributed by atoms with Crippen molar-refractivity contribution in [1.29, 1.82) is 0 Å². The van der Waals surface area contributed by atoms with Gasteiger partial charge < -0.3 is 20.1 Å². The fourth-order valence-electron chi connectivity index (χ4n) is 2.57. The number of hydrogen-bond donors (Lipinski definition) is 2. The lowest BCUT2D eigenvalue weighted by atomic mass is 10.2. The summed E-state index contributed by atoms with van der Waals surface area (Å²) in [5.74, 6) is 1.58. The molecular weight excluding hydrogens is 429 g/mol. The number of ether oxygens (including phenoxy) is 2. The van der Waals surface area contributed by atoms with Crippen LogP contribution in [-0.2, 0) is 19.3 Å². The number of hydrogen-bond acceptors (Lipinski definition) is 5. The zero-order valence-electron chi connectivity index (χ0n) is 15.6. The zero-order chi connectivity index (χ0) is 20.9. The van der Waals surface area contributed by atoms with Crippen molar-refractivity contribution in [2.24, 2.45) is 4.99 Å². The van der Waals surface area contributed by atoms with Crippen LogP contribution in [0.5, 0.6) is 11.5 Å². The SMILES string of the molecule is CCNC(=NCc1cc(Cl)c2c(c1)OCCCO2)NCc1nc(C(F)(F)F)cs1. The van der Waals surface area contributed by atoms with E-state index in [1.165, 1.54) is 0 Å². The third-order valence-electron chi connectivity index (χ3n) is 3.88. The van der Waals surface area contributed by atoms with E-state index in [1.54, 1.807) is 6.07 Å². The first-order chi connectivity index (χ1) is 13.9. The maximum Gasteiger partial charge on any atom is 0.434 e. The molecule has 1 aromatic heterocycles. The molecule has 158 valence electrons. The first-order valence-electron chi connectivity index (χ1n) is 8.98. The molecule has 3 rings (SSSR count). The van der Waals surface area contributed by atoms with Gasteiger partial charge in [0.15, 0.2) is 23.2 Å². The Morgan fingerprint density at radius 2 is 2.07 bits per heavy atom. The summed E-state index contributed by atoms with van der Waals surface area (Å²) >= 11 is 7.24. The third kappa shape index (κ3) is 5.89. The highest BCUT2D eigenvalue weighted by molar-refractivity contribution is 7.09. The number of nitrogens with zero attached hydrogens (tertiary/aromatic N) is 2. The number of alkyl halides is 3. The first-order valence-corrected chi connectivity index (χ1v) is 10.2. The van der Waals surface area contributed by atoms with E-state index in [4.69, 9.17) is 21.1 Å². The van der Waals surface area contributed by atoms with E-state index < -0.39 is 11.9 Å². The van der Waals surface area contributed by atoms with Crippen LogP contribution >= 0.6 is 22.9 Å². The summed E-state index contributed by atoms with van der Waals surface area (Å²) < 4.78 is 49.3. The average molecular weight is 449 g/mol. The second-order valence-corrected chi connectivity index (χ2v) is 7.48. The second kappa shape index (κ2) is 9.53. The molecule has 2 aromatic rings. The predicted octanol–water partition coefficient (Wildman–Crippen LogP) is 4.23. The van der Waals surface area contributed by atoms with E-state index in [0.717, 1.165) is 28.7 Å². The van der Waals surface area contributed by atoms with Crippen molar-refractivity contribution in [2.75, 3.05) is 19.8 Å². The normalized spacial score (nSPS) is 14.4. The van der Waals surface area contributed by atoms with E-state index in [0.29, 0.717) is 53.8 Å². The minimum atomic E-state index is -4.44. The summed E-state index contributed by atoms with van der Waals surface area (Å²) in [6, 6.07) is 3.59. The smallest absolute Gasteiger partial charge is 0.434 e. The number of aromatic nitrogens is 1. The van der Waals surface area contributed by atoms with E-state index in [-0.39, 0.29) is 6.54 Å². The van der Waals surface area contributed by atoms with Crippen LogP contribution in [0.2, 0.25) is 5.02 Å². The predicted molar refractivity (Wildman–Crippen MR) is 106 cm³/mol. The van der Waals surface area contributed by atoms with E-state index in [2.05, 4.69) is 20.6 Å². The molecule has 0 fully saturated rings. The Morgan fingerprint density at radius 3 is 2.79 bits per heavy atom. The van der Waals surface area contributed by atoms with Gasteiger partial charge in [0.1, 0.15) is 5.01 Å². The molecule has 0 saturated carbocycles. The van der Waals surface area contributed by atoms with Crippen LogP contribution in [0.25, 0.3) is 0 Å². The molecule has 2 heterocycles. The summed E-state index contributed by atoms with van der Waals surface area (Å²) in [6.07, 6.45) is -3.66. The lowest BCUT2D eigenvalue weighted by Crippen LogP contribution is -2.36. The van der Waals surface area contributed by atoms with Gasteiger partial charge in [0, 0.05) is 18.3 Å². The number of fused-ring (bicyclic) bond motifs is 1. The van der Waals surface area contributed by atoms with Crippen LogP contribution in [0, 0.1) is 0 Å². The van der Waals surface area contributed by atoms with Crippen LogP contribution in [0.1, 0.15) is 29.6 Å². The molecular formula is C18H20ClF3N4O2S. The van der Waals surface area contributed by atoms with Gasteiger partial charge in [0.2, 0.25) is 0 Å². The van der Waals surface area contributed by atoms with Gasteiger partial charge in [-0.15, -0.1) is 11.3 Å². The molecule has 0 amide bonds. The quantitative estimate of drug-likeness (QED) is 0.529.